The molecule has 3 rings (SSSR count). The fourth-order valence-corrected chi connectivity index (χ4v) is 2.38. The minimum absolute atomic E-state index is 0.0456. The molecule has 0 saturated carbocycles. The van der Waals surface area contributed by atoms with Crippen LogP contribution in [0.25, 0.3) is 12.2 Å². The van der Waals surface area contributed by atoms with Crippen molar-refractivity contribution >= 4 is 35.2 Å². The van der Waals surface area contributed by atoms with Crippen molar-refractivity contribution in [1.29, 1.82) is 0 Å². The summed E-state index contributed by atoms with van der Waals surface area (Å²) < 4.78 is 0. The van der Waals surface area contributed by atoms with Crippen LogP contribution >= 0.6 is 0 Å². The summed E-state index contributed by atoms with van der Waals surface area (Å²) in [5.41, 5.74) is -0.0694. The lowest BCUT2D eigenvalue weighted by atomic mass is 10.0. The number of nitro groups is 2. The number of oxime groups is 1. The summed E-state index contributed by atoms with van der Waals surface area (Å²) in [5.74, 6) is -1.65. The summed E-state index contributed by atoms with van der Waals surface area (Å²) >= 11 is 0. The van der Waals surface area contributed by atoms with Crippen molar-refractivity contribution in [3.63, 3.8) is 0 Å². The lowest BCUT2D eigenvalue weighted by molar-refractivity contribution is -0.398. The maximum absolute atomic E-state index is 12.1. The molecule has 10 nitrogen and oxygen atoms in total. The van der Waals surface area contributed by atoms with Crippen LogP contribution < -0.4 is 5.11 Å². The van der Waals surface area contributed by atoms with Gasteiger partial charge in [0.25, 0.3) is 11.4 Å². The number of allylic oxidation sites excluding steroid dienone is 1. The molecule has 0 bridgehead atoms. The van der Waals surface area contributed by atoms with E-state index in [0.717, 1.165) is 6.07 Å². The second-order valence-electron chi connectivity index (χ2n) is 5.55. The fourth-order valence-electron chi connectivity index (χ4n) is 2.38. The Balaban J connectivity index is 1.89. The molecular formula is C18H10N3O7-. The highest BCUT2D eigenvalue weighted by atomic mass is 16.7. The maximum atomic E-state index is 12.1. The van der Waals surface area contributed by atoms with E-state index in [2.05, 4.69) is 9.99 Å². The molecule has 0 aliphatic carbocycles. The van der Waals surface area contributed by atoms with Crippen molar-refractivity contribution in [1.82, 2.24) is 0 Å². The molecule has 0 aromatic heterocycles. The zero-order valence-corrected chi connectivity index (χ0v) is 14.0. The average molecular weight is 380 g/mol. The van der Waals surface area contributed by atoms with E-state index in [1.54, 1.807) is 6.08 Å². The van der Waals surface area contributed by atoms with Gasteiger partial charge in [0.2, 0.25) is 0 Å². The van der Waals surface area contributed by atoms with E-state index in [0.29, 0.717) is 5.56 Å². The summed E-state index contributed by atoms with van der Waals surface area (Å²) in [7, 11) is 0. The summed E-state index contributed by atoms with van der Waals surface area (Å²) in [4.78, 5) is 36.7. The Morgan fingerprint density at radius 3 is 2.32 bits per heavy atom. The van der Waals surface area contributed by atoms with E-state index < -0.39 is 27.3 Å². The lowest BCUT2D eigenvalue weighted by Crippen LogP contribution is -2.05. The molecule has 0 N–H and O–H groups in total. The number of rotatable bonds is 5. The number of hydrogen-bond acceptors (Lipinski definition) is 8. The molecule has 2 aromatic rings. The van der Waals surface area contributed by atoms with Gasteiger partial charge < -0.3 is 9.94 Å². The second-order valence-corrected chi connectivity index (χ2v) is 5.55. The van der Waals surface area contributed by atoms with Crippen molar-refractivity contribution in [3.05, 3.63) is 85.5 Å². The van der Waals surface area contributed by atoms with Gasteiger partial charge in [-0.2, -0.15) is 0 Å². The van der Waals surface area contributed by atoms with Crippen LogP contribution in [0, 0.1) is 20.2 Å². The van der Waals surface area contributed by atoms with Gasteiger partial charge in [-0.05, 0) is 41.2 Å². The Labute approximate surface area is 157 Å². The molecule has 0 amide bonds. The zero-order valence-electron chi connectivity index (χ0n) is 14.0. The monoisotopic (exact) mass is 380 g/mol. The van der Waals surface area contributed by atoms with Gasteiger partial charge in [-0.15, -0.1) is 0 Å². The van der Waals surface area contributed by atoms with Crippen LogP contribution in [0.3, 0.4) is 0 Å². The minimum atomic E-state index is -0.835. The predicted octanol–water partition coefficient (Wildman–Crippen LogP) is 2.59. The van der Waals surface area contributed by atoms with Crippen LogP contribution in [0.15, 0.2) is 59.3 Å². The van der Waals surface area contributed by atoms with E-state index in [9.17, 15) is 30.1 Å². The Morgan fingerprint density at radius 2 is 1.68 bits per heavy atom. The second kappa shape index (κ2) is 7.50. The molecule has 1 heterocycles. The van der Waals surface area contributed by atoms with Gasteiger partial charge in [-0.25, -0.2) is 4.79 Å². The summed E-state index contributed by atoms with van der Waals surface area (Å²) in [6.45, 7) is 0. The third-order valence-corrected chi connectivity index (χ3v) is 3.78. The van der Waals surface area contributed by atoms with Gasteiger partial charge in [0.05, 0.1) is 15.4 Å². The Hall–Kier alpha value is -4.34. The van der Waals surface area contributed by atoms with E-state index in [4.69, 9.17) is 0 Å². The van der Waals surface area contributed by atoms with E-state index >= 15 is 0 Å². The molecule has 140 valence electrons. The van der Waals surface area contributed by atoms with E-state index in [1.807, 2.05) is 0 Å². The number of non-ortho nitro benzene ring substituents is 1. The largest absolute Gasteiger partial charge is 0.867 e. The van der Waals surface area contributed by atoms with E-state index in [-0.39, 0.29) is 22.5 Å². The smallest absolute Gasteiger partial charge is 0.368 e. The quantitative estimate of drug-likeness (QED) is 0.335. The van der Waals surface area contributed by atoms with E-state index in [1.165, 1.54) is 48.6 Å². The SMILES string of the molecule is O=C1ON=C(/C=C/c2ccc([N+](=O)[O-])cc2)/C1=C/c1cccc([N+](=O)[O-])c1[O-]. The number of carbonyl (C=O) groups excluding carboxylic acids is 1. The van der Waals surface area contributed by atoms with Gasteiger partial charge in [0.15, 0.2) is 0 Å². The normalized spacial score (nSPS) is 14.9. The summed E-state index contributed by atoms with van der Waals surface area (Å²) in [5, 5.41) is 37.3. The molecule has 0 spiro atoms. The zero-order chi connectivity index (χ0) is 20.3. The molecule has 0 radical (unpaired) electrons. The molecule has 0 saturated heterocycles. The molecule has 1 aliphatic rings. The molecule has 10 heteroatoms. The minimum Gasteiger partial charge on any atom is -0.867 e. The summed E-state index contributed by atoms with van der Waals surface area (Å²) in [6.07, 6.45) is 4.15. The first-order valence-electron chi connectivity index (χ1n) is 7.75. The van der Waals surface area contributed by atoms with Crippen molar-refractivity contribution in [2.75, 3.05) is 0 Å². The van der Waals surface area contributed by atoms with Gasteiger partial charge in [-0.3, -0.25) is 20.2 Å². The Bertz CT molecular complexity index is 1070. The van der Waals surface area contributed by atoms with Gasteiger partial charge >= 0.3 is 5.97 Å². The van der Waals surface area contributed by atoms with Crippen LogP contribution in [-0.4, -0.2) is 21.5 Å². The van der Waals surface area contributed by atoms with Crippen molar-refractivity contribution < 1.29 is 24.6 Å². The first-order valence-corrected chi connectivity index (χ1v) is 7.75. The molecule has 1 aliphatic heterocycles. The summed E-state index contributed by atoms with van der Waals surface area (Å²) in [6, 6.07) is 9.39. The van der Waals surface area contributed by atoms with Gasteiger partial charge in [0.1, 0.15) is 5.71 Å². The molecule has 28 heavy (non-hydrogen) atoms. The highest BCUT2D eigenvalue weighted by molar-refractivity contribution is 6.30. The number of carbonyl (C=O) groups is 1. The highest BCUT2D eigenvalue weighted by Gasteiger charge is 2.24. The third-order valence-electron chi connectivity index (χ3n) is 3.78. The van der Waals surface area contributed by atoms with Crippen molar-refractivity contribution in [2.45, 2.75) is 0 Å². The predicted molar refractivity (Wildman–Crippen MR) is 96.2 cm³/mol. The third kappa shape index (κ3) is 3.75. The number of para-hydroxylation sites is 1. The van der Waals surface area contributed by atoms with Crippen molar-refractivity contribution in [2.24, 2.45) is 5.16 Å². The maximum Gasteiger partial charge on any atom is 0.368 e. The first kappa shape index (κ1) is 18.5. The molecule has 0 atom stereocenters. The van der Waals surface area contributed by atoms with Crippen LogP contribution in [0.5, 0.6) is 5.75 Å². The molecule has 0 fully saturated rings. The Kier molecular flexibility index (Phi) is 4.94. The number of nitrogens with zero attached hydrogens (tertiary/aromatic N) is 3. The van der Waals surface area contributed by atoms with Crippen LogP contribution in [0.1, 0.15) is 11.1 Å². The van der Waals surface area contributed by atoms with Crippen LogP contribution in [-0.2, 0) is 9.63 Å². The molecule has 2 aromatic carbocycles. The number of benzene rings is 2. The average Bonchev–Trinajstić information content (AvgIpc) is 3.01. The topological polar surface area (TPSA) is 148 Å². The van der Waals surface area contributed by atoms with Crippen molar-refractivity contribution in [3.8, 4) is 5.75 Å². The van der Waals surface area contributed by atoms with Crippen LogP contribution in [0.2, 0.25) is 0 Å². The highest BCUT2D eigenvalue weighted by Crippen LogP contribution is 2.29. The Morgan fingerprint density at radius 1 is 0.964 bits per heavy atom. The first-order chi connectivity index (χ1) is 13.4. The van der Waals surface area contributed by atoms with Crippen LogP contribution in [0.4, 0.5) is 11.4 Å². The lowest BCUT2D eigenvalue weighted by Gasteiger charge is -2.10. The molecule has 0 unspecified atom stereocenters. The fraction of sp³-hybridized carbons (Fsp3) is 0. The number of hydrogen-bond donors (Lipinski definition) is 0. The van der Waals surface area contributed by atoms with Gasteiger partial charge in [0, 0.05) is 18.2 Å². The molecular weight excluding hydrogens is 370 g/mol. The number of nitro benzene ring substituents is 2. The van der Waals surface area contributed by atoms with Gasteiger partial charge in [-0.1, -0.05) is 23.4 Å². The standard InChI is InChI=1S/C18H11N3O7/c22-17-12(2-1-3-16(17)21(26)27)10-14-15(19-28-18(14)23)9-6-11-4-7-13(8-5-11)20(24)25/h1-10,22H/p-1/b9-6+,14-10-.